The van der Waals surface area contributed by atoms with Gasteiger partial charge in [-0.2, -0.15) is 15.8 Å². The van der Waals surface area contributed by atoms with Crippen LogP contribution in [0.1, 0.15) is 135 Å². The van der Waals surface area contributed by atoms with Crippen LogP contribution in [0.4, 0.5) is 0 Å². The fraction of sp³-hybridized carbons (Fsp3) is 0.893. The zero-order valence-electron chi connectivity index (χ0n) is 25.8. The summed E-state index contributed by atoms with van der Waals surface area (Å²) in [5.74, 6) is 0. The van der Waals surface area contributed by atoms with E-state index in [1.165, 1.54) is 0 Å². The van der Waals surface area contributed by atoms with Crippen LogP contribution in [0.3, 0.4) is 0 Å². The summed E-state index contributed by atoms with van der Waals surface area (Å²) in [5, 5.41) is 26.0. The minimum absolute atomic E-state index is 0.0764. The Kier molecular flexibility index (Phi) is 22.6. The van der Waals surface area contributed by atoms with Crippen molar-refractivity contribution in [3.8, 4) is 18.2 Å². The Morgan fingerprint density at radius 1 is 0.465 bits per heavy atom. The fourth-order valence-electron chi connectivity index (χ4n) is 4.60. The quantitative estimate of drug-likeness (QED) is 0.0937. The van der Waals surface area contributed by atoms with Gasteiger partial charge in [-0.05, 0) is 44.9 Å². The molecule has 0 heterocycles. The number of sulfonamides is 3. The Balaban J connectivity index is 6.14. The molecule has 0 aliphatic heterocycles. The second kappa shape index (κ2) is 23.6. The maximum Gasteiger partial charge on any atom is 0.313 e. The first-order chi connectivity index (χ1) is 20.5. The molecular formula is C28H52N6O6S3. The highest BCUT2D eigenvalue weighted by atomic mass is 32.3. The number of hydrogen-bond donors (Lipinski definition) is 3. The molecule has 0 spiro atoms. The number of nitrogens with zero attached hydrogens (tertiary/aromatic N) is 3. The first-order valence-corrected chi connectivity index (χ1v) is 20.0. The Labute approximate surface area is 261 Å². The number of rotatable bonds is 29. The molecule has 0 rings (SSSR count). The van der Waals surface area contributed by atoms with Crippen molar-refractivity contribution < 1.29 is 25.3 Å². The third-order valence-corrected chi connectivity index (χ3v) is 15.9. The summed E-state index contributed by atoms with van der Waals surface area (Å²) in [5.41, 5.74) is 0. The van der Waals surface area contributed by atoms with Gasteiger partial charge in [-0.3, -0.25) is 0 Å². The molecule has 0 bridgehead atoms. The molecule has 0 amide bonds. The van der Waals surface area contributed by atoms with E-state index in [9.17, 15) is 25.3 Å². The molecule has 0 saturated carbocycles. The second-order valence-electron chi connectivity index (χ2n) is 10.7. The summed E-state index contributed by atoms with van der Waals surface area (Å²) in [6.07, 6.45) is 9.51. The predicted molar refractivity (Wildman–Crippen MR) is 168 cm³/mol. The van der Waals surface area contributed by atoms with E-state index in [4.69, 9.17) is 15.8 Å². The van der Waals surface area contributed by atoms with E-state index in [-0.39, 0.29) is 26.1 Å². The average Bonchev–Trinajstić information content (AvgIpc) is 2.95. The van der Waals surface area contributed by atoms with Crippen molar-refractivity contribution in [2.75, 3.05) is 19.6 Å². The molecule has 12 nitrogen and oxygen atoms in total. The first kappa shape index (κ1) is 41.2. The molecule has 43 heavy (non-hydrogen) atoms. The molecule has 0 saturated heterocycles. The Morgan fingerprint density at radius 2 is 0.767 bits per heavy atom. The lowest BCUT2D eigenvalue weighted by Crippen LogP contribution is -2.63. The van der Waals surface area contributed by atoms with Gasteiger partial charge in [-0.15, -0.1) is 0 Å². The molecule has 0 aliphatic rings. The van der Waals surface area contributed by atoms with Crippen molar-refractivity contribution in [3.63, 3.8) is 0 Å². The van der Waals surface area contributed by atoms with Gasteiger partial charge in [0.25, 0.3) is 0 Å². The van der Waals surface area contributed by atoms with Crippen LogP contribution >= 0.6 is 0 Å². The highest BCUT2D eigenvalue weighted by Gasteiger charge is 2.64. The molecule has 0 atom stereocenters. The molecule has 0 fully saturated rings. The van der Waals surface area contributed by atoms with Crippen LogP contribution in [0.5, 0.6) is 0 Å². The van der Waals surface area contributed by atoms with E-state index in [1.807, 2.05) is 25.1 Å². The van der Waals surface area contributed by atoms with Gasteiger partial charge in [-0.1, -0.05) is 64.7 Å². The lowest BCUT2D eigenvalue weighted by molar-refractivity contribution is 0.506. The van der Waals surface area contributed by atoms with Gasteiger partial charge in [0.1, 0.15) is 0 Å². The van der Waals surface area contributed by atoms with Crippen LogP contribution in [-0.4, -0.2) is 48.3 Å². The second-order valence-corrected chi connectivity index (χ2v) is 17.4. The van der Waals surface area contributed by atoms with E-state index < -0.39 is 39.9 Å². The zero-order valence-corrected chi connectivity index (χ0v) is 28.2. The van der Waals surface area contributed by atoms with Crippen molar-refractivity contribution in [2.45, 2.75) is 139 Å². The molecule has 0 aromatic heterocycles. The molecule has 0 radical (unpaired) electrons. The summed E-state index contributed by atoms with van der Waals surface area (Å²) in [7, 11) is -14.9. The van der Waals surface area contributed by atoms with Crippen molar-refractivity contribution in [3.05, 3.63) is 0 Å². The Bertz CT molecular complexity index is 1060. The summed E-state index contributed by atoms with van der Waals surface area (Å²) in [6, 6.07) is 6.14. The van der Waals surface area contributed by atoms with Crippen LogP contribution in [0.15, 0.2) is 0 Å². The van der Waals surface area contributed by atoms with Gasteiger partial charge in [0, 0.05) is 45.3 Å². The van der Waals surface area contributed by atoms with Crippen LogP contribution in [0.25, 0.3) is 0 Å². The molecule has 0 unspecified atom stereocenters. The van der Waals surface area contributed by atoms with E-state index in [0.717, 1.165) is 6.42 Å². The fourth-order valence-corrected chi connectivity index (χ4v) is 12.3. The van der Waals surface area contributed by atoms with E-state index in [2.05, 4.69) is 14.2 Å². The number of nitriles is 3. The summed E-state index contributed by atoms with van der Waals surface area (Å²) in [6.45, 7) is 1.54. The predicted octanol–water partition coefficient (Wildman–Crippen LogP) is 4.79. The van der Waals surface area contributed by atoms with Crippen molar-refractivity contribution in [1.29, 1.82) is 15.8 Å². The zero-order chi connectivity index (χ0) is 32.5. The molecular weight excluding hydrogens is 613 g/mol. The Hall–Kier alpha value is -1.80. The smallest absolute Gasteiger partial charge is 0.213 e. The normalized spacial score (nSPS) is 12.4. The lowest BCUT2D eigenvalue weighted by Gasteiger charge is -2.32. The van der Waals surface area contributed by atoms with Crippen molar-refractivity contribution in [2.24, 2.45) is 0 Å². The average molecular weight is 665 g/mol. The maximum atomic E-state index is 13.9. The maximum absolute atomic E-state index is 13.9. The molecule has 0 aromatic rings. The SMILES string of the molecule is CCCCCCC(S(=O)(=O)NCCCCCCC#N)(S(=O)(=O)NCCCCCCC#N)S(=O)(=O)NCCCCCCC#N. The van der Waals surface area contributed by atoms with Gasteiger partial charge >= 0.3 is 3.41 Å². The minimum atomic E-state index is -4.97. The molecule has 0 aromatic carbocycles. The van der Waals surface area contributed by atoms with Crippen LogP contribution < -0.4 is 14.2 Å². The van der Waals surface area contributed by atoms with E-state index in [0.29, 0.717) is 109 Å². The summed E-state index contributed by atoms with van der Waals surface area (Å²) >= 11 is 0. The van der Waals surface area contributed by atoms with Gasteiger partial charge in [0.2, 0.25) is 30.1 Å². The summed E-state index contributed by atoms with van der Waals surface area (Å²) < 4.78 is 87.2. The standard InChI is InChI=1S/C28H52N6O6S3/c1-2-3-4-14-21-28(41(35,36)32-25-18-11-5-8-15-22-29,42(37,38)33-26-19-12-6-9-16-23-30)43(39,40)34-27-20-13-7-10-17-24-31/h32-34H,2-21,25-27H2,1H3. The highest BCUT2D eigenvalue weighted by Crippen LogP contribution is 2.36. The largest absolute Gasteiger partial charge is 0.313 e. The molecule has 0 aliphatic carbocycles. The molecule has 3 N–H and O–H groups in total. The van der Waals surface area contributed by atoms with Crippen molar-refractivity contribution in [1.82, 2.24) is 14.2 Å². The third kappa shape index (κ3) is 15.2. The van der Waals surface area contributed by atoms with Gasteiger partial charge < -0.3 is 0 Å². The minimum Gasteiger partial charge on any atom is -0.213 e. The highest BCUT2D eigenvalue weighted by molar-refractivity contribution is 8.24. The topological polar surface area (TPSA) is 210 Å². The van der Waals surface area contributed by atoms with E-state index in [1.54, 1.807) is 0 Å². The van der Waals surface area contributed by atoms with Crippen LogP contribution in [0.2, 0.25) is 0 Å². The van der Waals surface area contributed by atoms with Crippen LogP contribution in [-0.2, 0) is 30.1 Å². The number of nitrogens with one attached hydrogen (secondary N) is 3. The lowest BCUT2D eigenvalue weighted by atomic mass is 10.1. The number of hydrogen-bond acceptors (Lipinski definition) is 9. The monoisotopic (exact) mass is 664 g/mol. The Morgan fingerprint density at radius 3 is 1.07 bits per heavy atom. The summed E-state index contributed by atoms with van der Waals surface area (Å²) in [4.78, 5) is 0. The number of unbranched alkanes of at least 4 members (excludes halogenated alkanes) is 15. The van der Waals surface area contributed by atoms with E-state index >= 15 is 0 Å². The van der Waals surface area contributed by atoms with Crippen molar-refractivity contribution >= 4 is 30.1 Å². The van der Waals surface area contributed by atoms with Gasteiger partial charge in [-0.25, -0.2) is 39.4 Å². The van der Waals surface area contributed by atoms with Gasteiger partial charge in [0.05, 0.1) is 18.2 Å². The van der Waals surface area contributed by atoms with Crippen LogP contribution in [0, 0.1) is 34.0 Å². The first-order valence-electron chi connectivity index (χ1n) is 15.6. The van der Waals surface area contributed by atoms with Gasteiger partial charge in [0.15, 0.2) is 0 Å². The molecule has 248 valence electrons. The third-order valence-electron chi connectivity index (χ3n) is 7.09. The molecule has 15 heteroatoms.